The molecule has 1 fully saturated rings. The summed E-state index contributed by atoms with van der Waals surface area (Å²) >= 11 is 1.61. The molecule has 2 amide bonds. The van der Waals surface area contributed by atoms with Crippen LogP contribution in [0.3, 0.4) is 0 Å². The van der Waals surface area contributed by atoms with Crippen LogP contribution in [0.5, 0.6) is 0 Å². The van der Waals surface area contributed by atoms with Crippen LogP contribution in [0.1, 0.15) is 41.8 Å². The van der Waals surface area contributed by atoms with E-state index in [4.69, 9.17) is 0 Å². The van der Waals surface area contributed by atoms with Gasteiger partial charge in [0.25, 0.3) is 0 Å². The Hall–Kier alpha value is -2.44. The highest BCUT2D eigenvalue weighted by molar-refractivity contribution is 7.15. The number of nitrogens with zero attached hydrogens (tertiary/aromatic N) is 2. The van der Waals surface area contributed by atoms with E-state index in [1.165, 1.54) is 34.1 Å². The van der Waals surface area contributed by atoms with E-state index >= 15 is 0 Å². The maximum atomic E-state index is 12.2. The Labute approximate surface area is 175 Å². The summed E-state index contributed by atoms with van der Waals surface area (Å²) in [6, 6.07) is 15.3. The van der Waals surface area contributed by atoms with Crippen LogP contribution in [0.15, 0.2) is 42.5 Å². The van der Waals surface area contributed by atoms with Crippen LogP contribution in [0.2, 0.25) is 0 Å². The zero-order valence-electron chi connectivity index (χ0n) is 16.5. The second-order valence-electron chi connectivity index (χ2n) is 8.07. The molecule has 150 valence electrons. The quantitative estimate of drug-likeness (QED) is 0.647. The van der Waals surface area contributed by atoms with E-state index in [1.54, 1.807) is 11.3 Å². The molecular formula is C23H26N4OS. The van der Waals surface area contributed by atoms with Gasteiger partial charge >= 0.3 is 6.03 Å². The molecule has 1 aromatic heterocycles. The molecule has 2 aromatic carbocycles. The molecule has 5 nitrogen and oxygen atoms in total. The zero-order valence-corrected chi connectivity index (χ0v) is 17.3. The first kappa shape index (κ1) is 18.6. The molecule has 0 saturated heterocycles. The molecule has 0 bridgehead atoms. The number of thiazole rings is 1. The smallest absolute Gasteiger partial charge is 0.321 e. The second-order valence-corrected chi connectivity index (χ2v) is 9.15. The Bertz CT molecular complexity index is 1020. The number of fused-ring (bicyclic) bond motifs is 2. The number of hydrogen-bond donors (Lipinski definition) is 2. The third kappa shape index (κ3) is 4.14. The van der Waals surface area contributed by atoms with Crippen LogP contribution in [0.4, 0.5) is 9.93 Å². The van der Waals surface area contributed by atoms with Crippen molar-refractivity contribution in [2.45, 2.75) is 51.2 Å². The Morgan fingerprint density at radius 1 is 1.14 bits per heavy atom. The standard InChI is InChI=1S/C23H26N4OS/c28-22(24-18-9-2-3-10-18)26-23-25-20-12-13-27(15-21(20)29-23)14-17-8-5-7-16-6-1-4-11-19(16)17/h1,4-8,11,18H,2-3,9-10,12-15H2,(H2,24,25,26,28). The summed E-state index contributed by atoms with van der Waals surface area (Å²) in [5, 5.41) is 9.37. The van der Waals surface area contributed by atoms with Gasteiger partial charge in [-0.05, 0) is 29.2 Å². The van der Waals surface area contributed by atoms with E-state index in [-0.39, 0.29) is 6.03 Å². The van der Waals surface area contributed by atoms with Crippen LogP contribution in [-0.2, 0) is 19.5 Å². The number of aromatic nitrogens is 1. The number of rotatable bonds is 4. The fraction of sp³-hybridized carbons (Fsp3) is 0.391. The fourth-order valence-corrected chi connectivity index (χ4v) is 5.54. The Kier molecular flexibility index (Phi) is 5.21. The molecule has 5 rings (SSSR count). The fourth-order valence-electron chi connectivity index (χ4n) is 4.50. The van der Waals surface area contributed by atoms with Gasteiger partial charge in [-0.3, -0.25) is 10.2 Å². The van der Waals surface area contributed by atoms with E-state index < -0.39 is 0 Å². The summed E-state index contributed by atoms with van der Waals surface area (Å²) in [5.74, 6) is 0. The van der Waals surface area contributed by atoms with Crippen LogP contribution < -0.4 is 10.6 Å². The van der Waals surface area contributed by atoms with Gasteiger partial charge in [-0.25, -0.2) is 9.78 Å². The molecule has 29 heavy (non-hydrogen) atoms. The van der Waals surface area contributed by atoms with Crippen LogP contribution >= 0.6 is 11.3 Å². The van der Waals surface area contributed by atoms with E-state index in [2.05, 4.69) is 63.0 Å². The number of benzene rings is 2. The highest BCUT2D eigenvalue weighted by Gasteiger charge is 2.23. The van der Waals surface area contributed by atoms with Gasteiger partial charge in [-0.1, -0.05) is 55.3 Å². The maximum absolute atomic E-state index is 12.2. The number of nitrogens with one attached hydrogen (secondary N) is 2. The lowest BCUT2D eigenvalue weighted by atomic mass is 10.0. The molecule has 6 heteroatoms. The third-order valence-corrected chi connectivity index (χ3v) is 6.99. The van der Waals surface area contributed by atoms with Gasteiger partial charge in [0.2, 0.25) is 0 Å². The van der Waals surface area contributed by atoms with Crippen LogP contribution in [0, 0.1) is 0 Å². The summed E-state index contributed by atoms with van der Waals surface area (Å²) in [6.45, 7) is 2.82. The minimum atomic E-state index is -0.115. The molecule has 0 atom stereocenters. The van der Waals surface area contributed by atoms with Crippen molar-refractivity contribution >= 4 is 33.3 Å². The molecule has 0 spiro atoms. The van der Waals surface area contributed by atoms with Crippen molar-refractivity contribution in [1.82, 2.24) is 15.2 Å². The number of amides is 2. The minimum absolute atomic E-state index is 0.115. The number of carbonyl (C=O) groups excluding carboxylic acids is 1. The van der Waals surface area contributed by atoms with Gasteiger partial charge in [0.05, 0.1) is 5.69 Å². The van der Waals surface area contributed by atoms with Gasteiger partial charge in [0.1, 0.15) is 0 Å². The molecule has 2 N–H and O–H groups in total. The van der Waals surface area contributed by atoms with Crippen LogP contribution in [0.25, 0.3) is 10.8 Å². The average molecular weight is 407 g/mol. The average Bonchev–Trinajstić information content (AvgIpc) is 3.37. The minimum Gasteiger partial charge on any atom is -0.335 e. The molecular weight excluding hydrogens is 380 g/mol. The SMILES string of the molecule is O=C(Nc1nc2c(s1)CN(Cc1cccc3ccccc13)CC2)NC1CCCC1. The summed E-state index contributed by atoms with van der Waals surface area (Å²) in [6.07, 6.45) is 5.53. The number of carbonyl (C=O) groups is 1. The Morgan fingerprint density at radius 3 is 2.86 bits per heavy atom. The van der Waals surface area contributed by atoms with E-state index in [9.17, 15) is 4.79 Å². The molecule has 2 heterocycles. The summed E-state index contributed by atoms with van der Waals surface area (Å²) in [5.41, 5.74) is 2.51. The molecule has 0 radical (unpaired) electrons. The van der Waals surface area contributed by atoms with Crippen molar-refractivity contribution in [2.75, 3.05) is 11.9 Å². The topological polar surface area (TPSA) is 57.3 Å². The predicted octanol–water partition coefficient (Wildman–Crippen LogP) is 4.92. The van der Waals surface area contributed by atoms with Gasteiger partial charge in [0, 0.05) is 37.0 Å². The Morgan fingerprint density at radius 2 is 1.97 bits per heavy atom. The third-order valence-electron chi connectivity index (χ3n) is 6.00. The molecule has 0 unspecified atom stereocenters. The zero-order chi connectivity index (χ0) is 19.6. The van der Waals surface area contributed by atoms with Crippen molar-refractivity contribution in [3.05, 3.63) is 58.6 Å². The molecule has 3 aromatic rings. The summed E-state index contributed by atoms with van der Waals surface area (Å²) < 4.78 is 0. The van der Waals surface area contributed by atoms with E-state index in [0.29, 0.717) is 6.04 Å². The van der Waals surface area contributed by atoms with Gasteiger partial charge in [-0.2, -0.15) is 0 Å². The van der Waals surface area contributed by atoms with E-state index in [1.807, 2.05) is 0 Å². The first-order valence-electron chi connectivity index (χ1n) is 10.5. The van der Waals surface area contributed by atoms with Crippen molar-refractivity contribution in [1.29, 1.82) is 0 Å². The molecule has 1 saturated carbocycles. The monoisotopic (exact) mass is 406 g/mol. The summed E-state index contributed by atoms with van der Waals surface area (Å²) in [7, 11) is 0. The van der Waals surface area contributed by atoms with Crippen LogP contribution in [-0.4, -0.2) is 28.5 Å². The largest absolute Gasteiger partial charge is 0.335 e. The number of urea groups is 1. The van der Waals surface area contributed by atoms with Crippen molar-refractivity contribution in [3.8, 4) is 0 Å². The number of anilines is 1. The number of hydrogen-bond acceptors (Lipinski definition) is 4. The van der Waals surface area contributed by atoms with Crippen molar-refractivity contribution in [3.63, 3.8) is 0 Å². The molecule has 1 aliphatic carbocycles. The lowest BCUT2D eigenvalue weighted by Crippen LogP contribution is -2.36. The summed E-state index contributed by atoms with van der Waals surface area (Å²) in [4.78, 5) is 20.7. The second kappa shape index (κ2) is 8.13. The highest BCUT2D eigenvalue weighted by Crippen LogP contribution is 2.30. The highest BCUT2D eigenvalue weighted by atomic mass is 32.1. The predicted molar refractivity (Wildman–Crippen MR) is 118 cm³/mol. The molecule has 2 aliphatic rings. The first-order valence-corrected chi connectivity index (χ1v) is 11.3. The lowest BCUT2D eigenvalue weighted by Gasteiger charge is -2.26. The van der Waals surface area contributed by atoms with Crippen molar-refractivity contribution in [2.24, 2.45) is 0 Å². The normalized spacial score (nSPS) is 17.4. The lowest BCUT2D eigenvalue weighted by molar-refractivity contribution is 0.247. The van der Waals surface area contributed by atoms with Crippen molar-refractivity contribution < 1.29 is 4.79 Å². The first-order chi connectivity index (χ1) is 14.2. The van der Waals surface area contributed by atoms with E-state index in [0.717, 1.165) is 49.7 Å². The molecule has 1 aliphatic heterocycles. The Balaban J connectivity index is 1.24. The maximum Gasteiger partial charge on any atom is 0.321 e. The van der Waals surface area contributed by atoms with Gasteiger partial charge in [-0.15, -0.1) is 11.3 Å². The van der Waals surface area contributed by atoms with Gasteiger partial charge in [0.15, 0.2) is 5.13 Å². The van der Waals surface area contributed by atoms with Gasteiger partial charge < -0.3 is 5.32 Å².